The maximum atomic E-state index is 12.6. The number of rotatable bonds is 4. The van der Waals surface area contributed by atoms with Gasteiger partial charge in [-0.1, -0.05) is 40.2 Å². The van der Waals surface area contributed by atoms with E-state index in [1.165, 1.54) is 18.4 Å². The van der Waals surface area contributed by atoms with Gasteiger partial charge in [-0.05, 0) is 67.8 Å². The first-order valence-electron chi connectivity index (χ1n) is 8.97. The van der Waals surface area contributed by atoms with Gasteiger partial charge in [0.15, 0.2) is 11.6 Å². The minimum absolute atomic E-state index is 0.0350. The molecule has 3 saturated heterocycles. The van der Waals surface area contributed by atoms with Gasteiger partial charge in [-0.2, -0.15) is 0 Å². The molecular formula is C22H20BrNO2. The van der Waals surface area contributed by atoms with E-state index in [1.54, 1.807) is 36.4 Å². The molecule has 4 heteroatoms. The van der Waals surface area contributed by atoms with E-state index in [4.69, 9.17) is 0 Å². The van der Waals surface area contributed by atoms with Gasteiger partial charge in [0.05, 0.1) is 0 Å². The lowest BCUT2D eigenvalue weighted by Gasteiger charge is -2.40. The van der Waals surface area contributed by atoms with Crippen molar-refractivity contribution in [2.24, 2.45) is 5.92 Å². The van der Waals surface area contributed by atoms with Crippen LogP contribution < -0.4 is 0 Å². The summed E-state index contributed by atoms with van der Waals surface area (Å²) < 4.78 is 0.941. The summed E-state index contributed by atoms with van der Waals surface area (Å²) in [6.45, 7) is 3.24. The van der Waals surface area contributed by atoms with Crippen LogP contribution in [-0.4, -0.2) is 36.1 Å². The molecule has 0 atom stereocenters. The summed E-state index contributed by atoms with van der Waals surface area (Å²) >= 11 is 3.37. The van der Waals surface area contributed by atoms with Gasteiger partial charge in [-0.3, -0.25) is 14.5 Å². The number of carbonyl (C=O) groups excluding carboxylic acids is 2. The van der Waals surface area contributed by atoms with Crippen molar-refractivity contribution in [3.05, 3.63) is 81.3 Å². The Balaban J connectivity index is 1.49. The Morgan fingerprint density at radius 1 is 0.885 bits per heavy atom. The molecule has 3 aliphatic rings. The van der Waals surface area contributed by atoms with Crippen molar-refractivity contribution in [3.8, 4) is 0 Å². The van der Waals surface area contributed by atoms with E-state index in [0.29, 0.717) is 22.6 Å². The zero-order valence-corrected chi connectivity index (χ0v) is 16.0. The van der Waals surface area contributed by atoms with E-state index >= 15 is 0 Å². The molecule has 0 unspecified atom stereocenters. The van der Waals surface area contributed by atoms with E-state index in [2.05, 4.69) is 20.8 Å². The van der Waals surface area contributed by atoms with Gasteiger partial charge in [0.25, 0.3) is 0 Å². The molecule has 0 aliphatic carbocycles. The Morgan fingerprint density at radius 3 is 1.96 bits per heavy atom. The van der Waals surface area contributed by atoms with Gasteiger partial charge in [0, 0.05) is 27.7 Å². The second-order valence-corrected chi connectivity index (χ2v) is 7.96. The molecule has 2 aromatic rings. The molecule has 2 aromatic carbocycles. The fourth-order valence-electron chi connectivity index (χ4n) is 3.82. The summed E-state index contributed by atoms with van der Waals surface area (Å²) in [5.74, 6) is 0.575. The average molecular weight is 410 g/mol. The van der Waals surface area contributed by atoms with Gasteiger partial charge < -0.3 is 0 Å². The molecule has 132 valence electrons. The smallest absolute Gasteiger partial charge is 0.193 e. The number of allylic oxidation sites excluding steroid dienone is 1. The highest BCUT2D eigenvalue weighted by Gasteiger charge is 2.29. The molecule has 0 radical (unpaired) electrons. The van der Waals surface area contributed by atoms with E-state index in [0.717, 1.165) is 24.1 Å². The third kappa shape index (κ3) is 3.57. The minimum atomic E-state index is -0.0350. The van der Waals surface area contributed by atoms with Crippen molar-refractivity contribution in [1.29, 1.82) is 0 Å². The molecule has 0 saturated carbocycles. The van der Waals surface area contributed by atoms with E-state index < -0.39 is 0 Å². The maximum absolute atomic E-state index is 12.6. The van der Waals surface area contributed by atoms with Crippen LogP contribution in [0.2, 0.25) is 0 Å². The monoisotopic (exact) mass is 409 g/mol. The lowest BCUT2D eigenvalue weighted by atomic mass is 9.83. The first-order valence-corrected chi connectivity index (χ1v) is 9.77. The molecule has 3 fully saturated rings. The van der Waals surface area contributed by atoms with Crippen LogP contribution in [0, 0.1) is 5.92 Å². The summed E-state index contributed by atoms with van der Waals surface area (Å²) in [6.07, 6.45) is 4.15. The first-order chi connectivity index (χ1) is 12.6. The van der Waals surface area contributed by atoms with E-state index in [9.17, 15) is 9.59 Å². The lowest BCUT2D eigenvalue weighted by Crippen LogP contribution is -2.43. The van der Waals surface area contributed by atoms with Crippen LogP contribution in [0.4, 0.5) is 0 Å². The molecule has 3 heterocycles. The molecule has 5 rings (SSSR count). The van der Waals surface area contributed by atoms with Crippen LogP contribution in [-0.2, 0) is 0 Å². The SMILES string of the molecule is O=C(C=C1CN2CCC1CC2)c1ccc(C(=O)c2ccc(Br)cc2)cc1. The van der Waals surface area contributed by atoms with Crippen molar-refractivity contribution in [3.63, 3.8) is 0 Å². The summed E-state index contributed by atoms with van der Waals surface area (Å²) in [7, 11) is 0. The van der Waals surface area contributed by atoms with Gasteiger partial charge in [-0.25, -0.2) is 0 Å². The average Bonchev–Trinajstić information content (AvgIpc) is 2.69. The van der Waals surface area contributed by atoms with Gasteiger partial charge in [0.2, 0.25) is 0 Å². The molecule has 0 N–H and O–H groups in total. The molecule has 2 bridgehead atoms. The summed E-state index contributed by atoms with van der Waals surface area (Å²) in [5, 5.41) is 0. The predicted molar refractivity (Wildman–Crippen MR) is 106 cm³/mol. The number of carbonyl (C=O) groups is 2. The summed E-state index contributed by atoms with van der Waals surface area (Å²) in [4.78, 5) is 27.5. The van der Waals surface area contributed by atoms with Crippen LogP contribution in [0.25, 0.3) is 0 Å². The van der Waals surface area contributed by atoms with Crippen LogP contribution in [0.3, 0.4) is 0 Å². The number of ketones is 2. The summed E-state index contributed by atoms with van der Waals surface area (Å²) in [5.41, 5.74) is 3.14. The Bertz CT molecular complexity index is 860. The van der Waals surface area contributed by atoms with Crippen LogP contribution in [0.5, 0.6) is 0 Å². The standard InChI is InChI=1S/C22H20BrNO2/c23-20-7-5-18(6-8-20)22(26)17-3-1-16(2-4-17)21(25)13-19-14-24-11-9-15(19)10-12-24/h1-8,13,15H,9-12,14H2. The van der Waals surface area contributed by atoms with Crippen LogP contribution >= 0.6 is 15.9 Å². The molecule has 26 heavy (non-hydrogen) atoms. The number of nitrogens with zero attached hydrogens (tertiary/aromatic N) is 1. The van der Waals surface area contributed by atoms with Crippen molar-refractivity contribution >= 4 is 27.5 Å². The molecular weight excluding hydrogens is 390 g/mol. The van der Waals surface area contributed by atoms with E-state index in [1.807, 2.05) is 18.2 Å². The highest BCUT2D eigenvalue weighted by molar-refractivity contribution is 9.10. The van der Waals surface area contributed by atoms with Gasteiger partial charge >= 0.3 is 0 Å². The number of benzene rings is 2. The number of hydrogen-bond donors (Lipinski definition) is 0. The Hall–Kier alpha value is -2.04. The normalized spacial score (nSPS) is 23.2. The van der Waals surface area contributed by atoms with Crippen molar-refractivity contribution in [1.82, 2.24) is 4.90 Å². The molecule has 3 aliphatic heterocycles. The third-order valence-electron chi connectivity index (χ3n) is 5.37. The first kappa shape index (κ1) is 17.4. The Morgan fingerprint density at radius 2 is 1.42 bits per heavy atom. The maximum Gasteiger partial charge on any atom is 0.193 e. The topological polar surface area (TPSA) is 37.4 Å². The fourth-order valence-corrected chi connectivity index (χ4v) is 4.08. The van der Waals surface area contributed by atoms with Gasteiger partial charge in [0.1, 0.15) is 0 Å². The zero-order valence-electron chi connectivity index (χ0n) is 14.5. The highest BCUT2D eigenvalue weighted by atomic mass is 79.9. The zero-order chi connectivity index (χ0) is 18.1. The largest absolute Gasteiger partial charge is 0.299 e. The third-order valence-corrected chi connectivity index (χ3v) is 5.90. The fraction of sp³-hybridized carbons (Fsp3) is 0.273. The second kappa shape index (κ2) is 7.29. The lowest BCUT2D eigenvalue weighted by molar-refractivity contribution is 0.102. The minimum Gasteiger partial charge on any atom is -0.299 e. The number of fused-ring (bicyclic) bond motifs is 3. The van der Waals surface area contributed by atoms with Gasteiger partial charge in [-0.15, -0.1) is 0 Å². The van der Waals surface area contributed by atoms with Crippen LogP contribution in [0.1, 0.15) is 39.1 Å². The number of piperidine rings is 3. The molecule has 0 spiro atoms. The van der Waals surface area contributed by atoms with Crippen molar-refractivity contribution < 1.29 is 9.59 Å². The number of hydrogen-bond acceptors (Lipinski definition) is 3. The predicted octanol–water partition coefficient (Wildman–Crippen LogP) is 4.51. The number of halogens is 1. The van der Waals surface area contributed by atoms with E-state index in [-0.39, 0.29) is 11.6 Å². The van der Waals surface area contributed by atoms with Crippen molar-refractivity contribution in [2.75, 3.05) is 19.6 Å². The second-order valence-electron chi connectivity index (χ2n) is 7.05. The Labute approximate surface area is 161 Å². The van der Waals surface area contributed by atoms with Crippen molar-refractivity contribution in [2.45, 2.75) is 12.8 Å². The summed E-state index contributed by atoms with van der Waals surface area (Å²) in [6, 6.07) is 14.3. The molecule has 0 aromatic heterocycles. The van der Waals surface area contributed by atoms with Crippen LogP contribution in [0.15, 0.2) is 64.7 Å². The quantitative estimate of drug-likeness (QED) is 0.550. The molecule has 3 nitrogen and oxygen atoms in total. The highest BCUT2D eigenvalue weighted by Crippen LogP contribution is 2.31. The molecule has 0 amide bonds. The Kier molecular flexibility index (Phi) is 4.88.